The Balaban J connectivity index is 2.22. The average molecular weight is 310 g/mol. The molecule has 2 rings (SSSR count). The molecule has 2 aromatic rings. The van der Waals surface area contributed by atoms with Crippen molar-refractivity contribution in [1.29, 1.82) is 0 Å². The Hall–Kier alpha value is -1.95. The first-order valence-corrected chi connectivity index (χ1v) is 5.84. The number of aromatic nitrogens is 1. The van der Waals surface area contributed by atoms with Gasteiger partial charge in [-0.2, -0.15) is 0 Å². The Morgan fingerprint density at radius 1 is 1.33 bits per heavy atom. The molecular formula is C12H9BrFN3O. The highest BCUT2D eigenvalue weighted by molar-refractivity contribution is 9.10. The van der Waals surface area contributed by atoms with Crippen molar-refractivity contribution >= 4 is 33.3 Å². The molecule has 1 heterocycles. The van der Waals surface area contributed by atoms with Crippen LogP contribution in [0.5, 0.6) is 0 Å². The van der Waals surface area contributed by atoms with Crippen molar-refractivity contribution < 1.29 is 9.18 Å². The molecule has 92 valence electrons. The summed E-state index contributed by atoms with van der Waals surface area (Å²) in [5, 5.41) is 2.55. The Labute approximate surface area is 111 Å². The highest BCUT2D eigenvalue weighted by Crippen LogP contribution is 2.24. The van der Waals surface area contributed by atoms with Gasteiger partial charge >= 0.3 is 0 Å². The fourth-order valence-electron chi connectivity index (χ4n) is 1.36. The van der Waals surface area contributed by atoms with Crippen LogP contribution in [0.1, 0.15) is 10.4 Å². The van der Waals surface area contributed by atoms with Crippen molar-refractivity contribution in [3.05, 3.63) is 52.4 Å². The highest BCUT2D eigenvalue weighted by Gasteiger charge is 2.12. The Morgan fingerprint density at radius 2 is 2.11 bits per heavy atom. The highest BCUT2D eigenvalue weighted by atomic mass is 79.9. The quantitative estimate of drug-likeness (QED) is 0.838. The van der Waals surface area contributed by atoms with E-state index in [0.717, 1.165) is 6.20 Å². The number of anilines is 2. The standard InChI is InChI=1S/C12H9BrFN3O/c13-11-8(2-1-3-9(11)15)12(18)17-10-5-4-7(14)6-16-10/h1-6H,15H2,(H,16,17,18). The third-order valence-corrected chi connectivity index (χ3v) is 3.13. The third kappa shape index (κ3) is 2.65. The molecule has 0 spiro atoms. The maximum atomic E-state index is 12.7. The van der Waals surface area contributed by atoms with Gasteiger partial charge in [-0.25, -0.2) is 9.37 Å². The molecule has 0 aliphatic carbocycles. The molecule has 6 heteroatoms. The normalized spacial score (nSPS) is 10.1. The van der Waals surface area contributed by atoms with Gasteiger partial charge in [0, 0.05) is 5.69 Å². The SMILES string of the molecule is Nc1cccc(C(=O)Nc2ccc(F)cn2)c1Br. The number of nitrogen functional groups attached to an aromatic ring is 1. The van der Waals surface area contributed by atoms with E-state index in [1.165, 1.54) is 12.1 Å². The molecule has 0 saturated heterocycles. The molecule has 1 aromatic heterocycles. The van der Waals surface area contributed by atoms with Gasteiger partial charge in [-0.3, -0.25) is 4.79 Å². The zero-order valence-electron chi connectivity index (χ0n) is 9.15. The summed E-state index contributed by atoms with van der Waals surface area (Å²) in [4.78, 5) is 15.7. The van der Waals surface area contributed by atoms with Crippen molar-refractivity contribution in [3.8, 4) is 0 Å². The molecule has 0 fully saturated rings. The van der Waals surface area contributed by atoms with Gasteiger partial charge in [0.05, 0.1) is 16.2 Å². The number of carbonyl (C=O) groups excluding carboxylic acids is 1. The largest absolute Gasteiger partial charge is 0.398 e. The number of pyridine rings is 1. The minimum Gasteiger partial charge on any atom is -0.398 e. The monoisotopic (exact) mass is 309 g/mol. The van der Waals surface area contributed by atoms with E-state index in [1.807, 2.05) is 0 Å². The van der Waals surface area contributed by atoms with Crippen LogP contribution in [0.3, 0.4) is 0 Å². The number of hydrogen-bond acceptors (Lipinski definition) is 3. The van der Waals surface area contributed by atoms with E-state index in [2.05, 4.69) is 26.2 Å². The van der Waals surface area contributed by atoms with E-state index in [4.69, 9.17) is 5.73 Å². The maximum Gasteiger partial charge on any atom is 0.258 e. The molecule has 1 amide bonds. The molecule has 0 aliphatic heterocycles. The minimum absolute atomic E-state index is 0.274. The summed E-state index contributed by atoms with van der Waals surface area (Å²) in [5.74, 6) is -0.554. The molecular weight excluding hydrogens is 301 g/mol. The van der Waals surface area contributed by atoms with E-state index in [1.54, 1.807) is 18.2 Å². The second-order valence-electron chi connectivity index (χ2n) is 3.52. The fourth-order valence-corrected chi connectivity index (χ4v) is 1.80. The maximum absolute atomic E-state index is 12.7. The molecule has 3 N–H and O–H groups in total. The molecule has 18 heavy (non-hydrogen) atoms. The van der Waals surface area contributed by atoms with Crippen molar-refractivity contribution in [3.63, 3.8) is 0 Å². The Bertz CT molecular complexity index is 586. The number of carbonyl (C=O) groups is 1. The summed E-state index contributed by atoms with van der Waals surface area (Å²) in [6, 6.07) is 7.58. The number of halogens is 2. The number of benzene rings is 1. The van der Waals surface area contributed by atoms with Crippen molar-refractivity contribution in [1.82, 2.24) is 4.98 Å². The van der Waals surface area contributed by atoms with Crippen LogP contribution in [0.15, 0.2) is 41.0 Å². The molecule has 1 aromatic carbocycles. The molecule has 4 nitrogen and oxygen atoms in total. The summed E-state index contributed by atoms with van der Waals surface area (Å²) in [7, 11) is 0. The fraction of sp³-hybridized carbons (Fsp3) is 0. The van der Waals surface area contributed by atoms with Gasteiger partial charge in [-0.05, 0) is 40.2 Å². The lowest BCUT2D eigenvalue weighted by atomic mass is 10.2. The first-order chi connectivity index (χ1) is 8.58. The lowest BCUT2D eigenvalue weighted by Gasteiger charge is -2.07. The third-order valence-electron chi connectivity index (χ3n) is 2.24. The van der Waals surface area contributed by atoms with E-state index >= 15 is 0 Å². The second kappa shape index (κ2) is 5.14. The summed E-state index contributed by atoms with van der Waals surface area (Å²) in [5.41, 5.74) is 6.54. The first kappa shape index (κ1) is 12.5. The number of hydrogen-bond donors (Lipinski definition) is 2. The van der Waals surface area contributed by atoms with Crippen LogP contribution in [-0.4, -0.2) is 10.9 Å². The van der Waals surface area contributed by atoms with Crippen molar-refractivity contribution in [2.24, 2.45) is 0 Å². The van der Waals surface area contributed by atoms with Crippen LogP contribution in [0.25, 0.3) is 0 Å². The minimum atomic E-state index is -0.460. The zero-order valence-corrected chi connectivity index (χ0v) is 10.7. The van der Waals surface area contributed by atoms with E-state index in [9.17, 15) is 9.18 Å². The smallest absolute Gasteiger partial charge is 0.258 e. The van der Waals surface area contributed by atoms with E-state index in [0.29, 0.717) is 15.7 Å². The van der Waals surface area contributed by atoms with Crippen LogP contribution in [0, 0.1) is 5.82 Å². The number of nitrogens with one attached hydrogen (secondary N) is 1. The number of nitrogens with zero attached hydrogens (tertiary/aromatic N) is 1. The molecule has 0 saturated carbocycles. The molecule has 0 bridgehead atoms. The predicted octanol–water partition coefficient (Wildman–Crippen LogP) is 2.82. The number of amides is 1. The summed E-state index contributed by atoms with van der Waals surface area (Å²) < 4.78 is 13.2. The molecule has 0 atom stereocenters. The van der Waals surface area contributed by atoms with Crippen molar-refractivity contribution in [2.75, 3.05) is 11.1 Å². The van der Waals surface area contributed by atoms with Crippen LogP contribution >= 0.6 is 15.9 Å². The van der Waals surface area contributed by atoms with Gasteiger partial charge in [0.1, 0.15) is 11.6 Å². The predicted molar refractivity (Wildman–Crippen MR) is 70.7 cm³/mol. The van der Waals surface area contributed by atoms with Gasteiger partial charge in [0.15, 0.2) is 0 Å². The second-order valence-corrected chi connectivity index (χ2v) is 4.32. The molecule has 0 aliphatic rings. The van der Waals surface area contributed by atoms with Gasteiger partial charge in [0.2, 0.25) is 0 Å². The number of nitrogens with two attached hydrogens (primary N) is 1. The first-order valence-electron chi connectivity index (χ1n) is 5.05. The van der Waals surface area contributed by atoms with Crippen LogP contribution in [0.4, 0.5) is 15.9 Å². The summed E-state index contributed by atoms with van der Waals surface area (Å²) in [6.45, 7) is 0. The molecule has 0 radical (unpaired) electrons. The van der Waals surface area contributed by atoms with Crippen LogP contribution in [0.2, 0.25) is 0 Å². The number of rotatable bonds is 2. The van der Waals surface area contributed by atoms with Gasteiger partial charge in [-0.15, -0.1) is 0 Å². The van der Waals surface area contributed by atoms with Gasteiger partial charge < -0.3 is 11.1 Å². The molecule has 0 unspecified atom stereocenters. The van der Waals surface area contributed by atoms with Gasteiger partial charge in [-0.1, -0.05) is 6.07 Å². The zero-order chi connectivity index (χ0) is 13.1. The van der Waals surface area contributed by atoms with E-state index in [-0.39, 0.29) is 11.7 Å². The average Bonchev–Trinajstić information content (AvgIpc) is 2.35. The lowest BCUT2D eigenvalue weighted by molar-refractivity contribution is 0.102. The van der Waals surface area contributed by atoms with Crippen molar-refractivity contribution in [2.45, 2.75) is 0 Å². The Kier molecular flexibility index (Phi) is 3.57. The lowest BCUT2D eigenvalue weighted by Crippen LogP contribution is -2.14. The van der Waals surface area contributed by atoms with E-state index < -0.39 is 5.82 Å². The summed E-state index contributed by atoms with van der Waals surface area (Å²) >= 11 is 3.24. The summed E-state index contributed by atoms with van der Waals surface area (Å²) in [6.07, 6.45) is 1.03. The Morgan fingerprint density at radius 3 is 2.78 bits per heavy atom. The van der Waals surface area contributed by atoms with Crippen LogP contribution < -0.4 is 11.1 Å². The topological polar surface area (TPSA) is 68.0 Å². The van der Waals surface area contributed by atoms with Crippen LogP contribution in [-0.2, 0) is 0 Å². The van der Waals surface area contributed by atoms with Gasteiger partial charge in [0.25, 0.3) is 5.91 Å².